The van der Waals surface area contributed by atoms with Gasteiger partial charge >= 0.3 is 0 Å². The molecule has 1 fully saturated rings. The molecular formula is C23H15ClFNO6. The third-order valence-electron chi connectivity index (χ3n) is 5.30. The number of carbonyl (C=O) groups excluding carboxylic acids is 2. The van der Waals surface area contributed by atoms with Crippen molar-refractivity contribution in [1.29, 1.82) is 0 Å². The summed E-state index contributed by atoms with van der Waals surface area (Å²) in [5.41, 5.74) is 0.267. The number of fused-ring (bicyclic) bond motifs is 1. The summed E-state index contributed by atoms with van der Waals surface area (Å²) in [6.45, 7) is 1.75. The number of ketones is 1. The van der Waals surface area contributed by atoms with E-state index in [9.17, 15) is 19.1 Å². The van der Waals surface area contributed by atoms with Crippen LogP contribution in [0.5, 0.6) is 11.5 Å². The molecule has 5 rings (SSSR count). The van der Waals surface area contributed by atoms with E-state index in [0.717, 1.165) is 11.0 Å². The van der Waals surface area contributed by atoms with Gasteiger partial charge in [0.05, 0.1) is 10.6 Å². The maximum Gasteiger partial charge on any atom is 0.300 e. The summed E-state index contributed by atoms with van der Waals surface area (Å²) in [5, 5.41) is 10.9. The Balaban J connectivity index is 1.70. The van der Waals surface area contributed by atoms with Crippen molar-refractivity contribution in [2.75, 3.05) is 11.7 Å². The number of Topliss-reactive ketones (excluding diaryl/α,β-unsaturated/α-hetero) is 1. The van der Waals surface area contributed by atoms with Crippen molar-refractivity contribution >= 4 is 34.7 Å². The molecule has 7 nitrogen and oxygen atoms in total. The molecule has 2 aliphatic rings. The molecule has 9 heteroatoms. The van der Waals surface area contributed by atoms with E-state index in [0.29, 0.717) is 17.3 Å². The summed E-state index contributed by atoms with van der Waals surface area (Å²) in [6, 6.07) is 10.5. The van der Waals surface area contributed by atoms with Crippen molar-refractivity contribution in [3.63, 3.8) is 0 Å². The zero-order chi connectivity index (χ0) is 22.6. The van der Waals surface area contributed by atoms with Crippen LogP contribution in [0.15, 0.2) is 58.5 Å². The zero-order valence-electron chi connectivity index (χ0n) is 16.6. The third-order valence-corrected chi connectivity index (χ3v) is 5.59. The van der Waals surface area contributed by atoms with Gasteiger partial charge in [-0.2, -0.15) is 0 Å². The smallest absolute Gasteiger partial charge is 0.300 e. The van der Waals surface area contributed by atoms with Crippen LogP contribution in [0.25, 0.3) is 5.76 Å². The van der Waals surface area contributed by atoms with Crippen LogP contribution >= 0.6 is 11.6 Å². The SMILES string of the molecule is Cc1ccc(C2/C(=C(/O)c3ccc4c(c3)OCO4)C(=O)C(=O)N2c2ccc(F)c(Cl)c2)o1. The number of nitrogens with zero attached hydrogens (tertiary/aromatic N) is 1. The molecule has 32 heavy (non-hydrogen) atoms. The van der Waals surface area contributed by atoms with Crippen molar-refractivity contribution in [3.8, 4) is 11.5 Å². The molecule has 2 aromatic carbocycles. The van der Waals surface area contributed by atoms with Gasteiger partial charge in [0, 0.05) is 11.3 Å². The normalized spacial score (nSPS) is 19.1. The second-order valence-electron chi connectivity index (χ2n) is 7.28. The van der Waals surface area contributed by atoms with Crippen LogP contribution in [-0.4, -0.2) is 23.6 Å². The molecule has 0 aliphatic carbocycles. The molecule has 2 aliphatic heterocycles. The number of amides is 1. The standard InChI is InChI=1S/C23H15ClFNO6/c1-11-2-6-17(32-11)20-19(21(27)12-3-7-16-18(8-12)31-10-30-16)22(28)23(29)26(20)13-4-5-15(25)14(24)9-13/h2-9,20,27H,10H2,1H3/b21-19-. The van der Waals surface area contributed by atoms with Gasteiger partial charge in [0.1, 0.15) is 29.1 Å². The van der Waals surface area contributed by atoms with Crippen LogP contribution in [0.1, 0.15) is 23.1 Å². The largest absolute Gasteiger partial charge is 0.507 e. The second kappa shape index (κ2) is 7.42. The Labute approximate surface area is 186 Å². The lowest BCUT2D eigenvalue weighted by Crippen LogP contribution is -2.29. The summed E-state index contributed by atoms with van der Waals surface area (Å²) in [5.74, 6) is -1.20. The van der Waals surface area contributed by atoms with Gasteiger partial charge in [-0.3, -0.25) is 14.5 Å². The minimum atomic E-state index is -1.09. The number of benzene rings is 2. The molecule has 0 spiro atoms. The number of halogens is 2. The van der Waals surface area contributed by atoms with E-state index in [2.05, 4.69) is 0 Å². The van der Waals surface area contributed by atoms with Crippen molar-refractivity contribution in [1.82, 2.24) is 0 Å². The summed E-state index contributed by atoms with van der Waals surface area (Å²) in [4.78, 5) is 27.2. The summed E-state index contributed by atoms with van der Waals surface area (Å²) >= 11 is 5.91. The molecule has 0 saturated carbocycles. The predicted molar refractivity (Wildman–Crippen MR) is 112 cm³/mol. The molecule has 1 unspecified atom stereocenters. The number of furan rings is 1. The Kier molecular flexibility index (Phi) is 4.67. The van der Waals surface area contributed by atoms with Gasteiger partial charge in [0.15, 0.2) is 11.5 Å². The number of anilines is 1. The number of rotatable bonds is 3. The Morgan fingerprint density at radius 2 is 1.88 bits per heavy atom. The molecule has 1 saturated heterocycles. The molecule has 1 N–H and O–H groups in total. The molecule has 3 heterocycles. The van der Waals surface area contributed by atoms with Gasteiger partial charge in [0.2, 0.25) is 6.79 Å². The lowest BCUT2D eigenvalue weighted by Gasteiger charge is -2.23. The molecule has 162 valence electrons. The van der Waals surface area contributed by atoms with E-state index in [1.54, 1.807) is 31.2 Å². The van der Waals surface area contributed by atoms with E-state index in [1.165, 1.54) is 18.2 Å². The lowest BCUT2D eigenvalue weighted by molar-refractivity contribution is -0.132. The predicted octanol–water partition coefficient (Wildman–Crippen LogP) is 4.74. The van der Waals surface area contributed by atoms with Crippen molar-refractivity contribution in [2.45, 2.75) is 13.0 Å². The first-order chi connectivity index (χ1) is 15.3. The number of ether oxygens (including phenoxy) is 2. The second-order valence-corrected chi connectivity index (χ2v) is 7.69. The Morgan fingerprint density at radius 1 is 1.09 bits per heavy atom. The number of aliphatic hydroxyl groups excluding tert-OH is 1. The quantitative estimate of drug-likeness (QED) is 0.349. The van der Waals surface area contributed by atoms with Gasteiger partial charge in [-0.1, -0.05) is 11.6 Å². The van der Waals surface area contributed by atoms with Gasteiger partial charge in [-0.05, 0) is 55.5 Å². The summed E-state index contributed by atoms with van der Waals surface area (Å²) in [7, 11) is 0. The van der Waals surface area contributed by atoms with Crippen LogP contribution in [-0.2, 0) is 9.59 Å². The number of carbonyl (C=O) groups is 2. The first-order valence-corrected chi connectivity index (χ1v) is 9.95. The minimum absolute atomic E-state index is 0.0426. The Hall–Kier alpha value is -3.78. The Morgan fingerprint density at radius 3 is 2.59 bits per heavy atom. The van der Waals surface area contributed by atoms with Crippen molar-refractivity contribution < 1.29 is 33.0 Å². The summed E-state index contributed by atoms with van der Waals surface area (Å²) < 4.78 is 30.1. The fourth-order valence-electron chi connectivity index (χ4n) is 3.80. The number of hydrogen-bond donors (Lipinski definition) is 1. The topological polar surface area (TPSA) is 89.2 Å². The number of aryl methyl sites for hydroxylation is 1. The molecule has 0 bridgehead atoms. The lowest BCUT2D eigenvalue weighted by atomic mass is 9.99. The van der Waals surface area contributed by atoms with Gasteiger partial charge in [-0.15, -0.1) is 0 Å². The first kappa shape index (κ1) is 20.1. The highest BCUT2D eigenvalue weighted by molar-refractivity contribution is 6.51. The number of aliphatic hydroxyl groups is 1. The molecule has 1 aromatic heterocycles. The van der Waals surface area contributed by atoms with Crippen LogP contribution in [0.4, 0.5) is 10.1 Å². The first-order valence-electron chi connectivity index (χ1n) is 9.57. The van der Waals surface area contributed by atoms with Gasteiger partial charge < -0.3 is 19.0 Å². The highest BCUT2D eigenvalue weighted by Gasteiger charge is 2.48. The molecule has 1 atom stereocenters. The van der Waals surface area contributed by atoms with E-state index in [4.69, 9.17) is 25.5 Å². The van der Waals surface area contributed by atoms with E-state index < -0.39 is 29.3 Å². The van der Waals surface area contributed by atoms with Gasteiger partial charge in [-0.25, -0.2) is 4.39 Å². The summed E-state index contributed by atoms with van der Waals surface area (Å²) in [6.07, 6.45) is 0. The van der Waals surface area contributed by atoms with Crippen LogP contribution in [0.2, 0.25) is 5.02 Å². The molecular weight excluding hydrogens is 441 g/mol. The average molecular weight is 456 g/mol. The highest BCUT2D eigenvalue weighted by atomic mass is 35.5. The fraction of sp³-hybridized carbons (Fsp3) is 0.130. The van der Waals surface area contributed by atoms with E-state index in [1.807, 2.05) is 0 Å². The highest BCUT2D eigenvalue weighted by Crippen LogP contribution is 2.44. The average Bonchev–Trinajstić information content (AvgIpc) is 3.48. The van der Waals surface area contributed by atoms with Gasteiger partial charge in [0.25, 0.3) is 11.7 Å². The Bertz CT molecular complexity index is 1310. The van der Waals surface area contributed by atoms with Crippen LogP contribution < -0.4 is 14.4 Å². The molecule has 3 aromatic rings. The van der Waals surface area contributed by atoms with Crippen LogP contribution in [0, 0.1) is 12.7 Å². The van der Waals surface area contributed by atoms with Crippen molar-refractivity contribution in [3.05, 3.63) is 82.0 Å². The van der Waals surface area contributed by atoms with E-state index in [-0.39, 0.29) is 34.4 Å². The maximum atomic E-state index is 13.7. The molecule has 0 radical (unpaired) electrons. The van der Waals surface area contributed by atoms with E-state index >= 15 is 0 Å². The minimum Gasteiger partial charge on any atom is -0.507 e. The van der Waals surface area contributed by atoms with Crippen LogP contribution in [0.3, 0.4) is 0 Å². The zero-order valence-corrected chi connectivity index (χ0v) is 17.4. The third kappa shape index (κ3) is 3.11. The monoisotopic (exact) mass is 455 g/mol. The fourth-order valence-corrected chi connectivity index (χ4v) is 3.98. The van der Waals surface area contributed by atoms with Crippen molar-refractivity contribution in [2.24, 2.45) is 0 Å². The molecule has 1 amide bonds. The number of hydrogen-bond acceptors (Lipinski definition) is 6. The maximum absolute atomic E-state index is 13.7.